The zero-order chi connectivity index (χ0) is 15.8. The molecule has 1 aromatic carbocycles. The van der Waals surface area contributed by atoms with E-state index in [4.69, 9.17) is 5.11 Å². The van der Waals surface area contributed by atoms with E-state index < -0.39 is 30.5 Å². The zero-order valence-corrected chi connectivity index (χ0v) is 13.0. The molecule has 2 rings (SSSR count). The molecule has 1 atom stereocenters. The molecule has 116 valence electrons. The average Bonchev–Trinajstić information content (AvgIpc) is 2.77. The third kappa shape index (κ3) is 3.08. The van der Waals surface area contributed by atoms with E-state index in [2.05, 4.69) is 15.9 Å². The van der Waals surface area contributed by atoms with Crippen LogP contribution < -0.4 is 0 Å². The Morgan fingerprint density at radius 2 is 2.14 bits per heavy atom. The first-order valence-electron chi connectivity index (χ1n) is 6.43. The maximum absolute atomic E-state index is 13.1. The number of benzene rings is 1. The van der Waals surface area contributed by atoms with Crippen molar-refractivity contribution in [1.29, 1.82) is 0 Å². The number of hydrogen-bond acceptors (Lipinski definition) is 2. The molecule has 0 bridgehead atoms. The van der Waals surface area contributed by atoms with Crippen LogP contribution in [0.5, 0.6) is 0 Å². The van der Waals surface area contributed by atoms with E-state index in [-0.39, 0.29) is 6.54 Å². The van der Waals surface area contributed by atoms with Crippen LogP contribution in [-0.2, 0) is 11.3 Å². The average molecular weight is 366 g/mol. The summed E-state index contributed by atoms with van der Waals surface area (Å²) in [5.41, 5.74) is -0.754. The largest absolute Gasteiger partial charge is 0.481 e. The summed E-state index contributed by atoms with van der Waals surface area (Å²) >= 11 is 3.39. The fourth-order valence-electron chi connectivity index (χ4n) is 2.57. The van der Waals surface area contributed by atoms with Crippen LogP contribution >= 0.6 is 15.9 Å². The third-order valence-electron chi connectivity index (χ3n) is 3.90. The van der Waals surface area contributed by atoms with Gasteiger partial charge in [0.25, 0.3) is 0 Å². The van der Waals surface area contributed by atoms with Crippen LogP contribution in [0, 0.1) is 12.3 Å². The molecule has 1 N–H and O–H groups in total. The summed E-state index contributed by atoms with van der Waals surface area (Å²) in [5, 5.41) is 9.02. The molecular formula is C14H15BrF3NO2. The predicted molar refractivity (Wildman–Crippen MR) is 74.9 cm³/mol. The van der Waals surface area contributed by atoms with Gasteiger partial charge in [0.05, 0.1) is 0 Å². The maximum Gasteiger partial charge on any atom is 0.406 e. The molecule has 0 amide bonds. The number of alkyl halides is 3. The Morgan fingerprint density at radius 1 is 1.48 bits per heavy atom. The smallest absolute Gasteiger partial charge is 0.406 e. The number of likely N-dealkylation sites (tertiary alicyclic amines) is 1. The van der Waals surface area contributed by atoms with Crippen LogP contribution in [0.2, 0.25) is 0 Å². The summed E-state index contributed by atoms with van der Waals surface area (Å²) in [6.07, 6.45) is -5.15. The lowest BCUT2D eigenvalue weighted by molar-refractivity contribution is -0.227. The molecule has 1 aliphatic heterocycles. The molecule has 21 heavy (non-hydrogen) atoms. The van der Waals surface area contributed by atoms with Crippen LogP contribution in [0.15, 0.2) is 22.7 Å². The molecule has 0 aromatic heterocycles. The molecule has 3 nitrogen and oxygen atoms in total. The molecule has 0 aliphatic carbocycles. The summed E-state index contributed by atoms with van der Waals surface area (Å²) in [6.45, 7) is 1.83. The van der Waals surface area contributed by atoms with Crippen molar-refractivity contribution < 1.29 is 23.1 Å². The van der Waals surface area contributed by atoms with Crippen molar-refractivity contribution in [3.8, 4) is 0 Å². The zero-order valence-electron chi connectivity index (χ0n) is 11.4. The van der Waals surface area contributed by atoms with Crippen LogP contribution in [0.4, 0.5) is 13.2 Å². The Morgan fingerprint density at radius 3 is 2.62 bits per heavy atom. The van der Waals surface area contributed by atoms with Crippen molar-refractivity contribution in [2.75, 3.05) is 13.1 Å². The molecule has 1 aliphatic rings. The van der Waals surface area contributed by atoms with Crippen molar-refractivity contribution >= 4 is 21.9 Å². The molecule has 1 unspecified atom stereocenters. The van der Waals surface area contributed by atoms with Gasteiger partial charge in [0.1, 0.15) is 0 Å². The highest BCUT2D eigenvalue weighted by Gasteiger charge is 2.63. The topological polar surface area (TPSA) is 40.5 Å². The van der Waals surface area contributed by atoms with E-state index in [9.17, 15) is 18.0 Å². The number of carboxylic acid groups (broad SMARTS) is 1. The molecule has 0 radical (unpaired) electrons. The molecule has 1 aromatic rings. The normalized spacial score (nSPS) is 23.5. The number of rotatable bonds is 3. The molecular weight excluding hydrogens is 351 g/mol. The number of halogens is 4. The van der Waals surface area contributed by atoms with Crippen LogP contribution in [-0.4, -0.2) is 35.2 Å². The number of carboxylic acids is 1. The summed E-state index contributed by atoms with van der Waals surface area (Å²) in [7, 11) is 0. The Balaban J connectivity index is 2.17. The second kappa shape index (κ2) is 5.61. The quantitative estimate of drug-likeness (QED) is 0.889. The van der Waals surface area contributed by atoms with Crippen molar-refractivity contribution in [1.82, 2.24) is 4.90 Å². The second-order valence-electron chi connectivity index (χ2n) is 5.44. The number of hydrogen-bond donors (Lipinski definition) is 1. The minimum absolute atomic E-state index is 0.117. The first kappa shape index (κ1) is 16.3. The first-order chi connectivity index (χ1) is 9.65. The van der Waals surface area contributed by atoms with Gasteiger partial charge in [-0.25, -0.2) is 0 Å². The van der Waals surface area contributed by atoms with Crippen molar-refractivity contribution in [2.24, 2.45) is 5.41 Å². The fourth-order valence-corrected chi connectivity index (χ4v) is 3.19. The van der Waals surface area contributed by atoms with E-state index in [1.807, 2.05) is 25.1 Å². The second-order valence-corrected chi connectivity index (χ2v) is 6.29. The maximum atomic E-state index is 13.1. The Bertz CT molecular complexity index is 562. The summed E-state index contributed by atoms with van der Waals surface area (Å²) in [6, 6.07) is 5.61. The van der Waals surface area contributed by atoms with Gasteiger partial charge in [-0.15, -0.1) is 0 Å². The highest BCUT2D eigenvalue weighted by Crippen LogP contribution is 2.46. The molecule has 0 spiro atoms. The number of aryl methyl sites for hydroxylation is 1. The Kier molecular flexibility index (Phi) is 4.35. The van der Waals surface area contributed by atoms with Crippen molar-refractivity contribution in [2.45, 2.75) is 26.1 Å². The Labute approximate surface area is 128 Å². The molecule has 7 heteroatoms. The van der Waals surface area contributed by atoms with Gasteiger partial charge in [-0.3, -0.25) is 9.69 Å². The minimum Gasteiger partial charge on any atom is -0.481 e. The summed E-state index contributed by atoms with van der Waals surface area (Å²) in [4.78, 5) is 12.7. The first-order valence-corrected chi connectivity index (χ1v) is 7.22. The van der Waals surface area contributed by atoms with Crippen LogP contribution in [0.25, 0.3) is 0 Å². The van der Waals surface area contributed by atoms with Gasteiger partial charge in [-0.1, -0.05) is 28.1 Å². The van der Waals surface area contributed by atoms with Gasteiger partial charge in [0.2, 0.25) is 0 Å². The monoisotopic (exact) mass is 365 g/mol. The lowest BCUT2D eigenvalue weighted by Gasteiger charge is -2.27. The van der Waals surface area contributed by atoms with Gasteiger partial charge in [0, 0.05) is 24.1 Å². The van der Waals surface area contributed by atoms with Crippen LogP contribution in [0.3, 0.4) is 0 Å². The van der Waals surface area contributed by atoms with Gasteiger partial charge in [0.15, 0.2) is 5.41 Å². The van der Waals surface area contributed by atoms with E-state index in [1.165, 1.54) is 4.90 Å². The molecule has 1 saturated heterocycles. The highest BCUT2D eigenvalue weighted by molar-refractivity contribution is 9.10. The summed E-state index contributed by atoms with van der Waals surface area (Å²) in [5.74, 6) is -1.79. The van der Waals surface area contributed by atoms with E-state index in [0.29, 0.717) is 6.54 Å². The molecule has 1 fully saturated rings. The number of carbonyl (C=O) groups is 1. The standard InChI is InChI=1S/C14H15BrF3NO2/c1-9-2-3-10(11(15)6-9)7-19-5-4-13(8-19,12(20)21)14(16,17)18/h2-3,6H,4-5,7-8H2,1H3,(H,20,21). The lowest BCUT2D eigenvalue weighted by atomic mass is 9.86. The molecule has 0 saturated carbocycles. The van der Waals surface area contributed by atoms with Gasteiger partial charge in [-0.2, -0.15) is 13.2 Å². The third-order valence-corrected chi connectivity index (χ3v) is 4.64. The predicted octanol–water partition coefficient (Wildman–Crippen LogP) is 3.60. The van der Waals surface area contributed by atoms with Crippen molar-refractivity contribution in [3.05, 3.63) is 33.8 Å². The van der Waals surface area contributed by atoms with Gasteiger partial charge < -0.3 is 5.11 Å². The molecule has 1 heterocycles. The SMILES string of the molecule is Cc1ccc(CN2CCC(C(=O)O)(C(F)(F)F)C2)c(Br)c1. The van der Waals surface area contributed by atoms with Gasteiger partial charge in [-0.05, 0) is 30.5 Å². The highest BCUT2D eigenvalue weighted by atomic mass is 79.9. The van der Waals surface area contributed by atoms with Crippen LogP contribution in [0.1, 0.15) is 17.5 Å². The number of aliphatic carboxylic acids is 1. The number of nitrogens with zero attached hydrogens (tertiary/aromatic N) is 1. The van der Waals surface area contributed by atoms with E-state index in [0.717, 1.165) is 15.6 Å². The van der Waals surface area contributed by atoms with E-state index >= 15 is 0 Å². The Hall–Kier alpha value is -1.08. The fraction of sp³-hybridized carbons (Fsp3) is 0.500. The minimum atomic E-state index is -4.74. The van der Waals surface area contributed by atoms with E-state index in [1.54, 1.807) is 0 Å². The van der Waals surface area contributed by atoms with Crippen molar-refractivity contribution in [3.63, 3.8) is 0 Å². The van der Waals surface area contributed by atoms with Gasteiger partial charge >= 0.3 is 12.1 Å². The summed E-state index contributed by atoms with van der Waals surface area (Å²) < 4.78 is 40.1. The lowest BCUT2D eigenvalue weighted by Crippen LogP contribution is -2.47.